The lowest BCUT2D eigenvalue weighted by Crippen LogP contribution is -2.05. The maximum atomic E-state index is 11.5. The van der Waals surface area contributed by atoms with Crippen molar-refractivity contribution in [3.8, 4) is 5.75 Å². The summed E-state index contributed by atoms with van der Waals surface area (Å²) in [5.74, 6) is -0.194. The van der Waals surface area contributed by atoms with Gasteiger partial charge in [0.2, 0.25) is 0 Å². The Morgan fingerprint density at radius 3 is 2.85 bits per heavy atom. The highest BCUT2D eigenvalue weighted by Gasteiger charge is 2.16. The quantitative estimate of drug-likeness (QED) is 0.787. The summed E-state index contributed by atoms with van der Waals surface area (Å²) in [6.07, 6.45) is 2.96. The van der Waals surface area contributed by atoms with Crippen LogP contribution < -0.4 is 4.74 Å². The highest BCUT2D eigenvalue weighted by atomic mass is 16.5. The average Bonchev–Trinajstić information content (AvgIpc) is 2.97. The Bertz CT molecular complexity index is 750. The number of nitrogens with zero attached hydrogens (tertiary/aromatic N) is 1. The molecule has 0 saturated heterocycles. The topological polar surface area (TPSA) is 72.6 Å². The summed E-state index contributed by atoms with van der Waals surface area (Å²) >= 11 is 0. The van der Waals surface area contributed by atoms with Crippen molar-refractivity contribution in [1.82, 2.24) is 4.98 Å². The third kappa shape index (κ3) is 2.21. The van der Waals surface area contributed by atoms with Gasteiger partial charge in [-0.15, -0.1) is 0 Å². The van der Waals surface area contributed by atoms with Gasteiger partial charge in [-0.2, -0.15) is 0 Å². The minimum absolute atomic E-state index is 0.113. The normalized spacial score (nSPS) is 10.6. The third-order valence-corrected chi connectivity index (χ3v) is 2.90. The molecule has 5 heteroatoms. The SMILES string of the molecule is O=C(O)c1c(OCc2ccco2)cnc2ccccc12. The Kier molecular flexibility index (Phi) is 3.09. The van der Waals surface area contributed by atoms with Gasteiger partial charge in [0.15, 0.2) is 5.75 Å². The third-order valence-electron chi connectivity index (χ3n) is 2.90. The number of carboxylic acid groups (broad SMARTS) is 1. The minimum Gasteiger partial charge on any atom is -0.483 e. The number of hydrogen-bond acceptors (Lipinski definition) is 4. The lowest BCUT2D eigenvalue weighted by molar-refractivity contribution is 0.0693. The minimum atomic E-state index is -1.04. The number of carbonyl (C=O) groups is 1. The second kappa shape index (κ2) is 5.05. The molecule has 0 atom stereocenters. The molecule has 1 aromatic carbocycles. The van der Waals surface area contributed by atoms with Crippen LogP contribution in [0.25, 0.3) is 10.9 Å². The second-order valence-corrected chi connectivity index (χ2v) is 4.19. The number of furan rings is 1. The van der Waals surface area contributed by atoms with E-state index >= 15 is 0 Å². The number of aromatic carboxylic acids is 1. The average molecular weight is 269 g/mol. The number of benzene rings is 1. The molecule has 3 rings (SSSR count). The summed E-state index contributed by atoms with van der Waals surface area (Å²) in [5, 5.41) is 9.94. The molecule has 0 aliphatic carbocycles. The Balaban J connectivity index is 2.01. The van der Waals surface area contributed by atoms with E-state index in [1.165, 1.54) is 12.5 Å². The van der Waals surface area contributed by atoms with Gasteiger partial charge in [0.05, 0.1) is 18.0 Å². The highest BCUT2D eigenvalue weighted by molar-refractivity contribution is 6.04. The van der Waals surface area contributed by atoms with Gasteiger partial charge in [-0.25, -0.2) is 4.79 Å². The molecule has 100 valence electrons. The molecular weight excluding hydrogens is 258 g/mol. The van der Waals surface area contributed by atoms with Gasteiger partial charge in [-0.1, -0.05) is 18.2 Å². The number of aromatic nitrogens is 1. The van der Waals surface area contributed by atoms with Crippen LogP contribution in [0.3, 0.4) is 0 Å². The molecule has 3 aromatic rings. The number of pyridine rings is 1. The molecule has 0 fully saturated rings. The van der Waals surface area contributed by atoms with Gasteiger partial charge in [0.1, 0.15) is 17.9 Å². The van der Waals surface area contributed by atoms with Gasteiger partial charge >= 0.3 is 5.97 Å². The first kappa shape index (κ1) is 12.2. The summed E-state index contributed by atoms with van der Waals surface area (Å²) < 4.78 is 10.7. The van der Waals surface area contributed by atoms with E-state index in [1.54, 1.807) is 30.3 Å². The molecular formula is C15H11NO4. The standard InChI is InChI=1S/C15H11NO4/c17-15(18)14-11-5-1-2-6-12(11)16-8-13(14)20-9-10-4-3-7-19-10/h1-8H,9H2,(H,17,18). The van der Waals surface area contributed by atoms with Crippen molar-refractivity contribution in [1.29, 1.82) is 0 Å². The number of carboxylic acids is 1. The van der Waals surface area contributed by atoms with Crippen molar-refractivity contribution in [3.05, 3.63) is 60.2 Å². The van der Waals surface area contributed by atoms with Crippen LogP contribution >= 0.6 is 0 Å². The van der Waals surface area contributed by atoms with Gasteiger partial charge in [-0.3, -0.25) is 4.98 Å². The second-order valence-electron chi connectivity index (χ2n) is 4.19. The summed E-state index contributed by atoms with van der Waals surface area (Å²) in [6, 6.07) is 10.6. The van der Waals surface area contributed by atoms with E-state index in [-0.39, 0.29) is 17.9 Å². The van der Waals surface area contributed by atoms with E-state index in [0.717, 1.165) is 0 Å². The van der Waals surface area contributed by atoms with Crippen molar-refractivity contribution in [3.63, 3.8) is 0 Å². The monoisotopic (exact) mass is 269 g/mol. The first-order chi connectivity index (χ1) is 9.75. The molecule has 0 radical (unpaired) electrons. The number of para-hydroxylation sites is 1. The number of rotatable bonds is 4. The number of fused-ring (bicyclic) bond motifs is 1. The molecule has 0 spiro atoms. The largest absolute Gasteiger partial charge is 0.483 e. The van der Waals surface area contributed by atoms with Gasteiger partial charge in [0, 0.05) is 5.39 Å². The first-order valence-electron chi connectivity index (χ1n) is 6.02. The van der Waals surface area contributed by atoms with E-state index in [1.807, 2.05) is 6.07 Å². The summed E-state index contributed by atoms with van der Waals surface area (Å²) in [5.41, 5.74) is 0.734. The molecule has 2 heterocycles. The van der Waals surface area contributed by atoms with Gasteiger partial charge in [-0.05, 0) is 18.2 Å². The molecule has 5 nitrogen and oxygen atoms in total. The van der Waals surface area contributed by atoms with Crippen molar-refractivity contribution in [2.24, 2.45) is 0 Å². The van der Waals surface area contributed by atoms with Crippen molar-refractivity contribution < 1.29 is 19.1 Å². The number of hydrogen-bond donors (Lipinski definition) is 1. The van der Waals surface area contributed by atoms with E-state index < -0.39 is 5.97 Å². The molecule has 20 heavy (non-hydrogen) atoms. The fraction of sp³-hybridized carbons (Fsp3) is 0.0667. The molecule has 0 aliphatic heterocycles. The molecule has 2 aromatic heterocycles. The predicted octanol–water partition coefficient (Wildman–Crippen LogP) is 3.11. The smallest absolute Gasteiger partial charge is 0.340 e. The zero-order valence-corrected chi connectivity index (χ0v) is 10.4. The first-order valence-corrected chi connectivity index (χ1v) is 6.02. The zero-order chi connectivity index (χ0) is 13.9. The summed E-state index contributed by atoms with van der Waals surface area (Å²) in [7, 11) is 0. The van der Waals surface area contributed by atoms with E-state index in [2.05, 4.69) is 4.98 Å². The van der Waals surface area contributed by atoms with Crippen molar-refractivity contribution >= 4 is 16.9 Å². The fourth-order valence-electron chi connectivity index (χ4n) is 2.00. The molecule has 0 aliphatic rings. The van der Waals surface area contributed by atoms with Crippen molar-refractivity contribution in [2.45, 2.75) is 6.61 Å². The maximum absolute atomic E-state index is 11.5. The summed E-state index contributed by atoms with van der Waals surface area (Å²) in [4.78, 5) is 15.7. The van der Waals surface area contributed by atoms with Crippen LogP contribution in [0.15, 0.2) is 53.3 Å². The van der Waals surface area contributed by atoms with Crippen LogP contribution in [0.2, 0.25) is 0 Å². The van der Waals surface area contributed by atoms with Crippen LogP contribution in [0.4, 0.5) is 0 Å². The molecule has 0 saturated carbocycles. The Morgan fingerprint density at radius 1 is 1.25 bits per heavy atom. The lowest BCUT2D eigenvalue weighted by Gasteiger charge is -2.09. The predicted molar refractivity (Wildman–Crippen MR) is 71.7 cm³/mol. The Morgan fingerprint density at radius 2 is 2.10 bits per heavy atom. The molecule has 0 amide bonds. The Labute approximate surface area is 114 Å². The highest BCUT2D eigenvalue weighted by Crippen LogP contribution is 2.26. The van der Waals surface area contributed by atoms with Gasteiger partial charge in [0.25, 0.3) is 0 Å². The Hall–Kier alpha value is -2.82. The maximum Gasteiger partial charge on any atom is 0.340 e. The summed E-state index contributed by atoms with van der Waals surface area (Å²) in [6.45, 7) is 0.160. The van der Waals surface area contributed by atoms with Crippen LogP contribution in [-0.2, 0) is 6.61 Å². The molecule has 0 bridgehead atoms. The zero-order valence-electron chi connectivity index (χ0n) is 10.4. The van der Waals surface area contributed by atoms with E-state index in [4.69, 9.17) is 9.15 Å². The van der Waals surface area contributed by atoms with Crippen LogP contribution in [0.5, 0.6) is 5.75 Å². The van der Waals surface area contributed by atoms with E-state index in [0.29, 0.717) is 16.7 Å². The van der Waals surface area contributed by atoms with Crippen LogP contribution in [-0.4, -0.2) is 16.1 Å². The molecule has 1 N–H and O–H groups in total. The molecule has 0 unspecified atom stereocenters. The fourth-order valence-corrected chi connectivity index (χ4v) is 2.00. The van der Waals surface area contributed by atoms with Crippen LogP contribution in [0.1, 0.15) is 16.1 Å². The van der Waals surface area contributed by atoms with Gasteiger partial charge < -0.3 is 14.3 Å². The number of ether oxygens (including phenoxy) is 1. The van der Waals surface area contributed by atoms with Crippen LogP contribution in [0, 0.1) is 0 Å². The lowest BCUT2D eigenvalue weighted by atomic mass is 10.1. The van der Waals surface area contributed by atoms with E-state index in [9.17, 15) is 9.90 Å². The van der Waals surface area contributed by atoms with Crippen molar-refractivity contribution in [2.75, 3.05) is 0 Å².